The van der Waals surface area contributed by atoms with Gasteiger partial charge in [-0.05, 0) is 31.1 Å². The molecule has 0 unspecified atom stereocenters. The summed E-state index contributed by atoms with van der Waals surface area (Å²) in [4.78, 5) is 0. The number of para-hydroxylation sites is 1. The third-order valence-electron chi connectivity index (χ3n) is 2.21. The molecule has 0 aliphatic heterocycles. The Labute approximate surface area is 90.2 Å². The Bertz CT molecular complexity index is 385. The zero-order chi connectivity index (χ0) is 11.3. The van der Waals surface area contributed by atoms with Crippen LogP contribution in [0.3, 0.4) is 0 Å². The summed E-state index contributed by atoms with van der Waals surface area (Å²) in [5.74, 6) is 0.553. The fourth-order valence-electron chi connectivity index (χ4n) is 1.37. The average molecular weight is 204 g/mol. The molecule has 0 amide bonds. The minimum absolute atomic E-state index is 0.265. The van der Waals surface area contributed by atoms with Gasteiger partial charge in [0.05, 0.1) is 5.76 Å². The van der Waals surface area contributed by atoms with Gasteiger partial charge in [0.2, 0.25) is 0 Å². The molecule has 2 N–H and O–H groups in total. The molecule has 0 aromatic heterocycles. The average Bonchev–Trinajstić information content (AvgIpc) is 2.20. The van der Waals surface area contributed by atoms with Gasteiger partial charge in [-0.25, -0.2) is 0 Å². The summed E-state index contributed by atoms with van der Waals surface area (Å²) in [6, 6.07) is 7.15. The Morgan fingerprint density at radius 1 is 1.33 bits per heavy atom. The molecular weight excluding hydrogens is 188 g/mol. The third kappa shape index (κ3) is 3.17. The quantitative estimate of drug-likeness (QED) is 0.585. The van der Waals surface area contributed by atoms with Gasteiger partial charge in [-0.3, -0.25) is 0 Å². The lowest BCUT2D eigenvalue weighted by Crippen LogP contribution is -1.92. The molecule has 0 saturated carbocycles. The molecule has 0 heterocycles. The zero-order valence-electron chi connectivity index (χ0n) is 9.07. The van der Waals surface area contributed by atoms with Gasteiger partial charge in [0.1, 0.15) is 5.75 Å². The molecule has 2 heteroatoms. The van der Waals surface area contributed by atoms with Crippen molar-refractivity contribution in [2.45, 2.75) is 20.3 Å². The maximum absolute atomic E-state index is 9.58. The Morgan fingerprint density at radius 2 is 2.00 bits per heavy atom. The largest absolute Gasteiger partial charge is 0.512 e. The Hall–Kier alpha value is -1.70. The maximum Gasteiger partial charge on any atom is 0.119 e. The van der Waals surface area contributed by atoms with E-state index in [1.807, 2.05) is 31.2 Å². The standard InChI is InChI=1S/C13H16O2/c1-3-6-11(10(2)14)9-12-7-4-5-8-13(12)15/h3-8,14-15H,9H2,1-2H3/b6-3-,11-10-. The van der Waals surface area contributed by atoms with Crippen molar-refractivity contribution >= 4 is 0 Å². The van der Waals surface area contributed by atoms with Crippen LogP contribution in [0.1, 0.15) is 19.4 Å². The van der Waals surface area contributed by atoms with Crippen LogP contribution in [0.2, 0.25) is 0 Å². The van der Waals surface area contributed by atoms with Gasteiger partial charge in [0.25, 0.3) is 0 Å². The van der Waals surface area contributed by atoms with E-state index in [1.54, 1.807) is 19.1 Å². The number of allylic oxidation sites excluding steroid dienone is 4. The van der Waals surface area contributed by atoms with Crippen LogP contribution < -0.4 is 0 Å². The monoisotopic (exact) mass is 204 g/mol. The summed E-state index contributed by atoms with van der Waals surface area (Å²) in [6.07, 6.45) is 4.26. The molecule has 0 aliphatic rings. The van der Waals surface area contributed by atoms with E-state index in [9.17, 15) is 10.2 Å². The molecule has 0 spiro atoms. The number of aromatic hydroxyl groups is 1. The predicted octanol–water partition coefficient (Wildman–Crippen LogP) is 3.34. The van der Waals surface area contributed by atoms with E-state index >= 15 is 0 Å². The molecule has 1 aromatic rings. The second kappa shape index (κ2) is 5.25. The molecule has 0 fully saturated rings. The number of aliphatic hydroxyl groups excluding tert-OH is 1. The molecule has 2 nitrogen and oxygen atoms in total. The number of aliphatic hydroxyl groups is 1. The van der Waals surface area contributed by atoms with Crippen LogP contribution in [-0.4, -0.2) is 10.2 Å². The lowest BCUT2D eigenvalue weighted by molar-refractivity contribution is 0.407. The number of hydrogen-bond donors (Lipinski definition) is 2. The minimum atomic E-state index is 0.265. The summed E-state index contributed by atoms with van der Waals surface area (Å²) in [7, 11) is 0. The van der Waals surface area contributed by atoms with Crippen LogP contribution in [0.25, 0.3) is 0 Å². The molecule has 0 bridgehead atoms. The summed E-state index contributed by atoms with van der Waals surface area (Å²) in [5, 5.41) is 19.0. The first-order valence-corrected chi connectivity index (χ1v) is 4.93. The summed E-state index contributed by atoms with van der Waals surface area (Å²) < 4.78 is 0. The van der Waals surface area contributed by atoms with Crippen molar-refractivity contribution in [3.63, 3.8) is 0 Å². The normalized spacial score (nSPS) is 12.9. The smallest absolute Gasteiger partial charge is 0.119 e. The van der Waals surface area contributed by atoms with Crippen LogP contribution in [0.5, 0.6) is 5.75 Å². The fourth-order valence-corrected chi connectivity index (χ4v) is 1.37. The molecule has 0 radical (unpaired) electrons. The third-order valence-corrected chi connectivity index (χ3v) is 2.21. The van der Waals surface area contributed by atoms with Crippen molar-refractivity contribution in [3.05, 3.63) is 53.3 Å². The zero-order valence-corrected chi connectivity index (χ0v) is 9.07. The van der Waals surface area contributed by atoms with E-state index in [4.69, 9.17) is 0 Å². The second-order valence-electron chi connectivity index (χ2n) is 3.42. The van der Waals surface area contributed by atoms with Gasteiger partial charge in [-0.2, -0.15) is 0 Å². The Balaban J connectivity index is 2.94. The Kier molecular flexibility index (Phi) is 3.98. The lowest BCUT2D eigenvalue weighted by Gasteiger charge is -2.06. The number of phenolic OH excluding ortho intramolecular Hbond substituents is 1. The highest BCUT2D eigenvalue weighted by Crippen LogP contribution is 2.20. The van der Waals surface area contributed by atoms with Crippen LogP contribution in [0, 0.1) is 0 Å². The van der Waals surface area contributed by atoms with Crippen molar-refractivity contribution in [2.24, 2.45) is 0 Å². The van der Waals surface area contributed by atoms with Crippen molar-refractivity contribution in [3.8, 4) is 5.75 Å². The number of hydrogen-bond acceptors (Lipinski definition) is 2. The summed E-state index contributed by atoms with van der Waals surface area (Å²) in [5.41, 5.74) is 1.64. The Morgan fingerprint density at radius 3 is 2.53 bits per heavy atom. The molecule has 0 saturated heterocycles. The van der Waals surface area contributed by atoms with Crippen LogP contribution in [-0.2, 0) is 6.42 Å². The molecular formula is C13H16O2. The topological polar surface area (TPSA) is 40.5 Å². The predicted molar refractivity (Wildman–Crippen MR) is 62.0 cm³/mol. The van der Waals surface area contributed by atoms with E-state index < -0.39 is 0 Å². The SMILES string of the molecule is C/C=C\C(Cc1ccccc1O)=C(/C)O. The molecule has 1 aromatic carbocycles. The van der Waals surface area contributed by atoms with E-state index in [1.165, 1.54) is 0 Å². The van der Waals surface area contributed by atoms with E-state index in [-0.39, 0.29) is 11.5 Å². The summed E-state index contributed by atoms with van der Waals surface area (Å²) >= 11 is 0. The molecule has 80 valence electrons. The van der Waals surface area contributed by atoms with Gasteiger partial charge in [0.15, 0.2) is 0 Å². The van der Waals surface area contributed by atoms with E-state index in [0.29, 0.717) is 6.42 Å². The fraction of sp³-hybridized carbons (Fsp3) is 0.231. The van der Waals surface area contributed by atoms with Crippen molar-refractivity contribution in [1.82, 2.24) is 0 Å². The van der Waals surface area contributed by atoms with Crippen LogP contribution >= 0.6 is 0 Å². The van der Waals surface area contributed by atoms with Gasteiger partial charge < -0.3 is 10.2 Å². The first-order chi connectivity index (χ1) is 7.15. The molecule has 0 aliphatic carbocycles. The molecule has 15 heavy (non-hydrogen) atoms. The van der Waals surface area contributed by atoms with E-state index in [2.05, 4.69) is 0 Å². The van der Waals surface area contributed by atoms with Crippen molar-refractivity contribution < 1.29 is 10.2 Å². The molecule has 0 atom stereocenters. The van der Waals surface area contributed by atoms with Crippen LogP contribution in [0.15, 0.2) is 47.7 Å². The molecule has 1 rings (SSSR count). The first-order valence-electron chi connectivity index (χ1n) is 4.93. The van der Waals surface area contributed by atoms with Gasteiger partial charge in [-0.1, -0.05) is 30.4 Å². The first kappa shape index (κ1) is 11.4. The van der Waals surface area contributed by atoms with Crippen LogP contribution in [0.4, 0.5) is 0 Å². The number of phenols is 1. The van der Waals surface area contributed by atoms with E-state index in [0.717, 1.165) is 11.1 Å². The van der Waals surface area contributed by atoms with Crippen molar-refractivity contribution in [1.29, 1.82) is 0 Å². The van der Waals surface area contributed by atoms with Gasteiger partial charge in [0, 0.05) is 6.42 Å². The summed E-state index contributed by atoms with van der Waals surface area (Å²) in [6.45, 7) is 3.54. The highest BCUT2D eigenvalue weighted by Gasteiger charge is 2.04. The van der Waals surface area contributed by atoms with Gasteiger partial charge in [-0.15, -0.1) is 0 Å². The number of benzene rings is 1. The maximum atomic E-state index is 9.58. The second-order valence-corrected chi connectivity index (χ2v) is 3.42. The number of rotatable bonds is 3. The minimum Gasteiger partial charge on any atom is -0.512 e. The van der Waals surface area contributed by atoms with Gasteiger partial charge >= 0.3 is 0 Å². The lowest BCUT2D eigenvalue weighted by atomic mass is 10.0. The highest BCUT2D eigenvalue weighted by atomic mass is 16.3. The highest BCUT2D eigenvalue weighted by molar-refractivity contribution is 5.38. The van der Waals surface area contributed by atoms with Crippen molar-refractivity contribution in [2.75, 3.05) is 0 Å².